The molecule has 0 aromatic carbocycles. The number of thioether (sulfide) groups is 1. The smallest absolute Gasteiger partial charge is 0.191 e. The van der Waals surface area contributed by atoms with Crippen molar-refractivity contribution in [3.05, 3.63) is 0 Å². The molecule has 0 aromatic rings. The summed E-state index contributed by atoms with van der Waals surface area (Å²) in [7, 11) is 1.20. The van der Waals surface area contributed by atoms with Crippen LogP contribution in [0.4, 0.5) is 0 Å². The van der Waals surface area contributed by atoms with Crippen LogP contribution in [-0.4, -0.2) is 75.8 Å². The van der Waals surface area contributed by atoms with Crippen molar-refractivity contribution in [1.82, 2.24) is 15.5 Å². The maximum atomic E-state index is 12.2. The third-order valence-corrected chi connectivity index (χ3v) is 9.58. The maximum absolute atomic E-state index is 12.2. The standard InChI is InChI=1S/C21H40N4OS2.HI/c1-3-28(26)19-9-7-8-18(16-19)24-20(22-2)23-17-21(10-5-4-6-11-21)25-12-14-27-15-13-25;/h18-19H,3-17H2,1-2H3,(H2,22,23,24);1H. The second-order valence-corrected chi connectivity index (χ2v) is 11.8. The van der Waals surface area contributed by atoms with Crippen LogP contribution in [0.2, 0.25) is 0 Å². The molecule has 1 aliphatic heterocycles. The topological polar surface area (TPSA) is 56.7 Å². The molecule has 0 spiro atoms. The molecule has 3 unspecified atom stereocenters. The molecule has 3 fully saturated rings. The molecule has 170 valence electrons. The van der Waals surface area contributed by atoms with Crippen LogP contribution in [0.25, 0.3) is 0 Å². The third kappa shape index (κ3) is 7.24. The highest BCUT2D eigenvalue weighted by Gasteiger charge is 2.38. The van der Waals surface area contributed by atoms with E-state index >= 15 is 0 Å². The number of aliphatic imine (C=N–C) groups is 1. The molecule has 0 aromatic heterocycles. The van der Waals surface area contributed by atoms with Crippen LogP contribution < -0.4 is 10.6 Å². The Morgan fingerprint density at radius 3 is 2.55 bits per heavy atom. The Balaban J connectivity index is 0.00000300. The van der Waals surface area contributed by atoms with Gasteiger partial charge in [-0.15, -0.1) is 24.0 Å². The van der Waals surface area contributed by atoms with Crippen LogP contribution in [0.5, 0.6) is 0 Å². The lowest BCUT2D eigenvalue weighted by Crippen LogP contribution is -2.60. The largest absolute Gasteiger partial charge is 0.355 e. The first-order valence-corrected chi connectivity index (χ1v) is 13.9. The van der Waals surface area contributed by atoms with E-state index in [-0.39, 0.29) is 24.0 Å². The van der Waals surface area contributed by atoms with Gasteiger partial charge in [0.2, 0.25) is 0 Å². The zero-order chi connectivity index (χ0) is 19.8. The molecule has 2 saturated carbocycles. The Morgan fingerprint density at radius 2 is 1.90 bits per heavy atom. The van der Waals surface area contributed by atoms with Crippen LogP contribution in [0.3, 0.4) is 0 Å². The van der Waals surface area contributed by atoms with Crippen LogP contribution in [0, 0.1) is 0 Å². The molecule has 5 nitrogen and oxygen atoms in total. The summed E-state index contributed by atoms with van der Waals surface area (Å²) < 4.78 is 12.2. The summed E-state index contributed by atoms with van der Waals surface area (Å²) in [5.74, 6) is 4.25. The molecular weight excluding hydrogens is 515 g/mol. The summed E-state index contributed by atoms with van der Waals surface area (Å²) in [5, 5.41) is 7.71. The van der Waals surface area contributed by atoms with Crippen LogP contribution >= 0.6 is 35.7 Å². The number of hydrogen-bond donors (Lipinski definition) is 2. The molecule has 1 heterocycles. The summed E-state index contributed by atoms with van der Waals surface area (Å²) in [4.78, 5) is 7.30. The Bertz CT molecular complexity index is 537. The van der Waals surface area contributed by atoms with Gasteiger partial charge in [-0.3, -0.25) is 14.1 Å². The summed E-state index contributed by atoms with van der Waals surface area (Å²) in [5.41, 5.74) is 0.301. The Morgan fingerprint density at radius 1 is 1.17 bits per heavy atom. The van der Waals surface area contributed by atoms with Gasteiger partial charge in [-0.2, -0.15) is 11.8 Å². The first-order chi connectivity index (χ1) is 13.7. The van der Waals surface area contributed by atoms with Gasteiger partial charge in [0.15, 0.2) is 5.96 Å². The summed E-state index contributed by atoms with van der Waals surface area (Å²) in [6.45, 7) is 5.49. The van der Waals surface area contributed by atoms with Gasteiger partial charge < -0.3 is 10.6 Å². The quantitative estimate of drug-likeness (QED) is 0.298. The highest BCUT2D eigenvalue weighted by molar-refractivity contribution is 14.0. The minimum Gasteiger partial charge on any atom is -0.355 e. The zero-order valence-electron chi connectivity index (χ0n) is 18.3. The van der Waals surface area contributed by atoms with Crippen molar-refractivity contribution < 1.29 is 4.21 Å². The summed E-state index contributed by atoms with van der Waals surface area (Å²) in [6, 6.07) is 0.397. The van der Waals surface area contributed by atoms with Gasteiger partial charge in [0.1, 0.15) is 0 Å². The lowest BCUT2D eigenvalue weighted by Gasteiger charge is -2.48. The van der Waals surface area contributed by atoms with E-state index in [1.807, 2.05) is 14.0 Å². The van der Waals surface area contributed by atoms with Gasteiger partial charge in [-0.1, -0.05) is 32.6 Å². The molecule has 8 heteroatoms. The molecule has 0 radical (unpaired) electrons. The van der Waals surface area contributed by atoms with Crippen molar-refractivity contribution in [2.24, 2.45) is 4.99 Å². The van der Waals surface area contributed by atoms with E-state index < -0.39 is 10.8 Å². The van der Waals surface area contributed by atoms with E-state index in [4.69, 9.17) is 0 Å². The van der Waals surface area contributed by atoms with E-state index in [1.54, 1.807) is 0 Å². The van der Waals surface area contributed by atoms with Crippen molar-refractivity contribution in [2.45, 2.75) is 81.5 Å². The number of nitrogens with one attached hydrogen (secondary N) is 2. The fourth-order valence-corrected chi connectivity index (χ4v) is 7.49. The van der Waals surface area contributed by atoms with E-state index in [9.17, 15) is 4.21 Å². The predicted molar refractivity (Wildman–Crippen MR) is 139 cm³/mol. The van der Waals surface area contributed by atoms with Crippen molar-refractivity contribution >= 4 is 52.5 Å². The lowest BCUT2D eigenvalue weighted by molar-refractivity contribution is 0.0625. The molecule has 1 saturated heterocycles. The number of hydrogen-bond acceptors (Lipinski definition) is 4. The second kappa shape index (κ2) is 13.1. The van der Waals surface area contributed by atoms with E-state index in [0.717, 1.165) is 37.5 Å². The highest BCUT2D eigenvalue weighted by atomic mass is 127. The van der Waals surface area contributed by atoms with E-state index in [2.05, 4.69) is 32.3 Å². The molecule has 3 atom stereocenters. The average molecular weight is 557 g/mol. The SMILES string of the molecule is CCS(=O)C1CCCC(NC(=NC)NCC2(N3CCSCC3)CCCCC2)C1.I. The van der Waals surface area contributed by atoms with Gasteiger partial charge in [0, 0.05) is 71.6 Å². The Labute approximate surface area is 201 Å². The normalized spacial score (nSPS) is 29.5. The average Bonchev–Trinajstić information content (AvgIpc) is 2.77. The minimum absolute atomic E-state index is 0. The molecule has 0 bridgehead atoms. The van der Waals surface area contributed by atoms with Crippen molar-refractivity contribution in [2.75, 3.05) is 43.9 Å². The molecule has 3 rings (SSSR count). The highest BCUT2D eigenvalue weighted by Crippen LogP contribution is 2.35. The monoisotopic (exact) mass is 556 g/mol. The molecule has 3 aliphatic rings. The van der Waals surface area contributed by atoms with Crippen LogP contribution in [-0.2, 0) is 10.8 Å². The van der Waals surface area contributed by atoms with Gasteiger partial charge in [0.25, 0.3) is 0 Å². The molecule has 0 amide bonds. The van der Waals surface area contributed by atoms with Gasteiger partial charge >= 0.3 is 0 Å². The first-order valence-electron chi connectivity index (χ1n) is 11.3. The second-order valence-electron chi connectivity index (χ2n) is 8.61. The number of halogens is 1. The fraction of sp³-hybridized carbons (Fsp3) is 0.952. The minimum atomic E-state index is -0.678. The Kier molecular flexibility index (Phi) is 11.6. The number of rotatable bonds is 6. The van der Waals surface area contributed by atoms with Crippen molar-refractivity contribution in [1.29, 1.82) is 0 Å². The lowest BCUT2D eigenvalue weighted by atomic mass is 9.80. The molecule has 29 heavy (non-hydrogen) atoms. The molecule has 2 aliphatic carbocycles. The predicted octanol–water partition coefficient (Wildman–Crippen LogP) is 3.60. The maximum Gasteiger partial charge on any atom is 0.191 e. The molecule has 2 N–H and O–H groups in total. The van der Waals surface area contributed by atoms with Crippen LogP contribution in [0.15, 0.2) is 4.99 Å². The third-order valence-electron chi connectivity index (χ3n) is 6.90. The van der Waals surface area contributed by atoms with Gasteiger partial charge in [0.05, 0.1) is 0 Å². The first kappa shape index (κ1) is 25.7. The van der Waals surface area contributed by atoms with E-state index in [1.165, 1.54) is 63.1 Å². The van der Waals surface area contributed by atoms with E-state index in [0.29, 0.717) is 16.8 Å². The molecular formula is C21H41IN4OS2. The summed E-state index contributed by atoms with van der Waals surface area (Å²) >= 11 is 2.09. The summed E-state index contributed by atoms with van der Waals surface area (Å²) in [6.07, 6.45) is 11.2. The Hall–Kier alpha value is 0.460. The van der Waals surface area contributed by atoms with Crippen molar-refractivity contribution in [3.8, 4) is 0 Å². The zero-order valence-corrected chi connectivity index (χ0v) is 22.3. The number of guanidine groups is 1. The van der Waals surface area contributed by atoms with Crippen LogP contribution in [0.1, 0.15) is 64.7 Å². The van der Waals surface area contributed by atoms with Crippen molar-refractivity contribution in [3.63, 3.8) is 0 Å². The van der Waals surface area contributed by atoms with Gasteiger partial charge in [-0.05, 0) is 32.1 Å². The fourth-order valence-electron chi connectivity index (χ4n) is 5.24. The number of nitrogens with zero attached hydrogens (tertiary/aromatic N) is 2. The van der Waals surface area contributed by atoms with Gasteiger partial charge in [-0.25, -0.2) is 0 Å².